The SMILES string of the molecule is Clc1cc2nc(C3CCNCC3)n(Cc3ccc(CN[C@@H]4CCCN4)cc3)c2cc1Cl. The molecule has 164 valence electrons. The van der Waals surface area contributed by atoms with Gasteiger partial charge in [-0.15, -0.1) is 0 Å². The molecule has 0 aliphatic carbocycles. The predicted molar refractivity (Wildman–Crippen MR) is 128 cm³/mol. The zero-order chi connectivity index (χ0) is 21.2. The second kappa shape index (κ2) is 9.47. The number of imidazole rings is 1. The Morgan fingerprint density at radius 2 is 1.71 bits per heavy atom. The summed E-state index contributed by atoms with van der Waals surface area (Å²) in [6.07, 6.45) is 5.11. The second-order valence-electron chi connectivity index (χ2n) is 8.68. The summed E-state index contributed by atoms with van der Waals surface area (Å²) in [5, 5.41) is 11.7. The molecule has 2 aromatic carbocycles. The van der Waals surface area contributed by atoms with E-state index in [9.17, 15) is 0 Å². The van der Waals surface area contributed by atoms with Crippen LogP contribution in [0.25, 0.3) is 11.0 Å². The van der Waals surface area contributed by atoms with Gasteiger partial charge in [0.15, 0.2) is 0 Å². The first-order valence-electron chi connectivity index (χ1n) is 11.3. The molecule has 1 aromatic heterocycles. The Morgan fingerprint density at radius 3 is 2.45 bits per heavy atom. The van der Waals surface area contributed by atoms with Crippen molar-refractivity contribution >= 4 is 34.2 Å². The summed E-state index contributed by atoms with van der Waals surface area (Å²) in [6.45, 7) is 4.86. The minimum Gasteiger partial charge on any atom is -0.323 e. The fourth-order valence-electron chi connectivity index (χ4n) is 4.74. The molecule has 3 N–H and O–H groups in total. The van der Waals surface area contributed by atoms with E-state index in [4.69, 9.17) is 28.2 Å². The molecule has 31 heavy (non-hydrogen) atoms. The lowest BCUT2D eigenvalue weighted by molar-refractivity contribution is 0.435. The van der Waals surface area contributed by atoms with Gasteiger partial charge in [-0.1, -0.05) is 47.5 Å². The van der Waals surface area contributed by atoms with E-state index < -0.39 is 0 Å². The van der Waals surface area contributed by atoms with Crippen LogP contribution in [0.4, 0.5) is 0 Å². The van der Waals surface area contributed by atoms with Crippen LogP contribution in [-0.2, 0) is 13.1 Å². The van der Waals surface area contributed by atoms with Gasteiger partial charge in [-0.05, 0) is 68.6 Å². The molecule has 0 saturated carbocycles. The molecule has 0 radical (unpaired) electrons. The van der Waals surface area contributed by atoms with Crippen molar-refractivity contribution in [2.24, 2.45) is 0 Å². The number of aromatic nitrogens is 2. The Morgan fingerprint density at radius 1 is 0.968 bits per heavy atom. The third-order valence-electron chi connectivity index (χ3n) is 6.50. The first kappa shape index (κ1) is 21.2. The van der Waals surface area contributed by atoms with Crippen molar-refractivity contribution in [3.63, 3.8) is 0 Å². The minimum atomic E-state index is 0.445. The minimum absolute atomic E-state index is 0.445. The van der Waals surface area contributed by atoms with Crippen molar-refractivity contribution < 1.29 is 0 Å². The van der Waals surface area contributed by atoms with Crippen LogP contribution in [-0.4, -0.2) is 35.4 Å². The van der Waals surface area contributed by atoms with Crippen molar-refractivity contribution in [3.05, 3.63) is 63.4 Å². The molecule has 0 spiro atoms. The second-order valence-corrected chi connectivity index (χ2v) is 9.50. The van der Waals surface area contributed by atoms with E-state index in [0.29, 0.717) is 22.1 Å². The fourth-order valence-corrected chi connectivity index (χ4v) is 5.06. The highest BCUT2D eigenvalue weighted by Gasteiger charge is 2.23. The molecule has 3 heterocycles. The molecule has 5 nitrogen and oxygen atoms in total. The third-order valence-corrected chi connectivity index (χ3v) is 7.22. The molecule has 7 heteroatoms. The molecule has 2 saturated heterocycles. The van der Waals surface area contributed by atoms with Gasteiger partial charge in [0, 0.05) is 19.0 Å². The van der Waals surface area contributed by atoms with Gasteiger partial charge in [0.05, 0.1) is 27.2 Å². The zero-order valence-corrected chi connectivity index (χ0v) is 19.1. The third kappa shape index (κ3) is 4.76. The van der Waals surface area contributed by atoms with Crippen LogP contribution in [0, 0.1) is 0 Å². The Hall–Kier alpha value is -1.63. The van der Waals surface area contributed by atoms with Crippen LogP contribution in [0.2, 0.25) is 10.0 Å². The van der Waals surface area contributed by atoms with Gasteiger partial charge in [-0.25, -0.2) is 4.98 Å². The summed E-state index contributed by atoms with van der Waals surface area (Å²) >= 11 is 12.7. The summed E-state index contributed by atoms with van der Waals surface area (Å²) < 4.78 is 2.34. The lowest BCUT2D eigenvalue weighted by atomic mass is 9.97. The Bertz CT molecular complexity index is 1030. The highest BCUT2D eigenvalue weighted by atomic mass is 35.5. The van der Waals surface area contributed by atoms with Gasteiger partial charge in [0.2, 0.25) is 0 Å². The van der Waals surface area contributed by atoms with E-state index in [1.54, 1.807) is 0 Å². The van der Waals surface area contributed by atoms with Crippen molar-refractivity contribution in [2.75, 3.05) is 19.6 Å². The van der Waals surface area contributed by atoms with Crippen LogP contribution >= 0.6 is 23.2 Å². The number of fused-ring (bicyclic) bond motifs is 1. The number of nitrogens with zero attached hydrogens (tertiary/aromatic N) is 2. The first-order valence-corrected chi connectivity index (χ1v) is 12.0. The molecular weight excluding hydrogens is 429 g/mol. The number of benzene rings is 2. The van der Waals surface area contributed by atoms with Gasteiger partial charge in [0.25, 0.3) is 0 Å². The predicted octanol–water partition coefficient (Wildman–Crippen LogP) is 4.66. The van der Waals surface area contributed by atoms with Gasteiger partial charge < -0.3 is 15.2 Å². The van der Waals surface area contributed by atoms with E-state index in [2.05, 4.69) is 44.8 Å². The van der Waals surface area contributed by atoms with Gasteiger partial charge in [-0.3, -0.25) is 5.32 Å². The van der Waals surface area contributed by atoms with Crippen LogP contribution < -0.4 is 16.0 Å². The summed E-state index contributed by atoms with van der Waals surface area (Å²) in [7, 11) is 0. The fraction of sp³-hybridized carbons (Fsp3) is 0.458. The molecule has 2 aliphatic heterocycles. The molecule has 1 atom stereocenters. The van der Waals surface area contributed by atoms with E-state index >= 15 is 0 Å². The van der Waals surface area contributed by atoms with Crippen LogP contribution in [0.3, 0.4) is 0 Å². The maximum atomic E-state index is 6.37. The Labute approximate surface area is 193 Å². The highest BCUT2D eigenvalue weighted by molar-refractivity contribution is 6.42. The number of nitrogens with one attached hydrogen (secondary N) is 3. The largest absolute Gasteiger partial charge is 0.323 e. The monoisotopic (exact) mass is 457 g/mol. The summed E-state index contributed by atoms with van der Waals surface area (Å²) in [5.74, 6) is 1.60. The summed E-state index contributed by atoms with van der Waals surface area (Å²) in [5.41, 5.74) is 4.55. The molecule has 5 rings (SSSR count). The Balaban J connectivity index is 1.39. The van der Waals surface area contributed by atoms with Crippen molar-refractivity contribution in [1.82, 2.24) is 25.5 Å². The summed E-state index contributed by atoms with van der Waals surface area (Å²) in [6, 6.07) is 12.8. The molecule has 0 bridgehead atoms. The van der Waals surface area contributed by atoms with Crippen molar-refractivity contribution in [1.29, 1.82) is 0 Å². The summed E-state index contributed by atoms with van der Waals surface area (Å²) in [4.78, 5) is 5.00. The van der Waals surface area contributed by atoms with E-state index in [-0.39, 0.29) is 0 Å². The number of hydrogen-bond acceptors (Lipinski definition) is 4. The lowest BCUT2D eigenvalue weighted by Crippen LogP contribution is -2.36. The van der Waals surface area contributed by atoms with E-state index in [1.807, 2.05) is 12.1 Å². The lowest BCUT2D eigenvalue weighted by Gasteiger charge is -2.23. The molecule has 2 aliphatic rings. The van der Waals surface area contributed by atoms with Crippen LogP contribution in [0.1, 0.15) is 48.6 Å². The molecule has 0 unspecified atom stereocenters. The van der Waals surface area contributed by atoms with E-state index in [1.165, 1.54) is 24.0 Å². The van der Waals surface area contributed by atoms with Crippen LogP contribution in [0.5, 0.6) is 0 Å². The topological polar surface area (TPSA) is 53.9 Å². The normalized spacial score (nSPS) is 20.0. The zero-order valence-electron chi connectivity index (χ0n) is 17.6. The van der Waals surface area contributed by atoms with Crippen molar-refractivity contribution in [2.45, 2.75) is 50.9 Å². The average molecular weight is 458 g/mol. The van der Waals surface area contributed by atoms with Gasteiger partial charge >= 0.3 is 0 Å². The van der Waals surface area contributed by atoms with Crippen LogP contribution in [0.15, 0.2) is 36.4 Å². The maximum Gasteiger partial charge on any atom is 0.113 e. The Kier molecular flexibility index (Phi) is 6.49. The number of halogens is 2. The quantitative estimate of drug-likeness (QED) is 0.503. The first-order chi connectivity index (χ1) is 15.2. The molecule has 0 amide bonds. The standard InChI is InChI=1S/C24H29Cl2N5/c25-19-12-21-22(13-20(19)26)31(24(30-21)18-7-10-27-11-8-18)15-17-5-3-16(4-6-17)14-29-23-2-1-9-28-23/h3-6,12-13,18,23,27-29H,1-2,7-11,14-15H2/t23-/m1/s1. The smallest absolute Gasteiger partial charge is 0.113 e. The highest BCUT2D eigenvalue weighted by Crippen LogP contribution is 2.33. The number of piperidine rings is 1. The number of rotatable bonds is 6. The van der Waals surface area contributed by atoms with Gasteiger partial charge in [0.1, 0.15) is 5.82 Å². The maximum absolute atomic E-state index is 6.37. The average Bonchev–Trinajstić information content (AvgIpc) is 3.43. The van der Waals surface area contributed by atoms with E-state index in [0.717, 1.165) is 62.4 Å². The molecule has 2 fully saturated rings. The molecular formula is C24H29Cl2N5. The van der Waals surface area contributed by atoms with Gasteiger partial charge in [-0.2, -0.15) is 0 Å². The van der Waals surface area contributed by atoms with Crippen molar-refractivity contribution in [3.8, 4) is 0 Å². The number of hydrogen-bond donors (Lipinski definition) is 3. The molecule has 3 aromatic rings.